The zero-order valence-corrected chi connectivity index (χ0v) is 15.2. The molecule has 0 unspecified atom stereocenters. The highest BCUT2D eigenvalue weighted by Gasteiger charge is 2.35. The monoisotopic (exact) mass is 391 g/mol. The molecular weight excluding hydrogens is 375 g/mol. The second kappa shape index (κ2) is 7.63. The molecule has 146 valence electrons. The molecule has 0 bridgehead atoms. The molecule has 1 amide bonds. The second-order valence-electron chi connectivity index (χ2n) is 6.44. The Labute approximate surface area is 166 Å². The summed E-state index contributed by atoms with van der Waals surface area (Å²) in [6.45, 7) is -0.620. The molecule has 0 aromatic heterocycles. The molecule has 29 heavy (non-hydrogen) atoms. The van der Waals surface area contributed by atoms with E-state index in [4.69, 9.17) is 4.74 Å². The highest BCUT2D eigenvalue weighted by atomic mass is 19.1. The van der Waals surface area contributed by atoms with Gasteiger partial charge in [-0.05, 0) is 42.5 Å². The quantitative estimate of drug-likeness (QED) is 0.723. The van der Waals surface area contributed by atoms with Crippen LogP contribution < -0.4 is 20.1 Å². The van der Waals surface area contributed by atoms with Gasteiger partial charge in [0.1, 0.15) is 24.3 Å². The van der Waals surface area contributed by atoms with Gasteiger partial charge in [0.25, 0.3) is 5.91 Å². The SMILES string of the molecule is O=C([O-])COc1ccccc1[C@@H]1Nc2ccccc2C(=O)N1c1ccc(F)cc1. The molecular formula is C22H16FN2O4-. The van der Waals surface area contributed by atoms with E-state index in [1.807, 2.05) is 6.07 Å². The number of carboxylic acid groups (broad SMARTS) is 1. The molecule has 1 aliphatic rings. The van der Waals surface area contributed by atoms with E-state index in [1.165, 1.54) is 29.2 Å². The maximum Gasteiger partial charge on any atom is 0.262 e. The van der Waals surface area contributed by atoms with Crippen molar-refractivity contribution in [2.24, 2.45) is 0 Å². The van der Waals surface area contributed by atoms with Gasteiger partial charge in [-0.2, -0.15) is 0 Å². The molecule has 0 saturated heterocycles. The number of hydrogen-bond acceptors (Lipinski definition) is 5. The molecule has 0 aliphatic carbocycles. The number of benzene rings is 3. The van der Waals surface area contributed by atoms with Crippen LogP contribution in [-0.2, 0) is 4.79 Å². The third kappa shape index (κ3) is 3.62. The minimum atomic E-state index is -1.35. The van der Waals surface area contributed by atoms with Crippen molar-refractivity contribution >= 4 is 23.3 Å². The fraction of sp³-hybridized carbons (Fsp3) is 0.0909. The number of para-hydroxylation sites is 2. The van der Waals surface area contributed by atoms with Crippen LogP contribution in [0.4, 0.5) is 15.8 Å². The Morgan fingerprint density at radius 1 is 1.03 bits per heavy atom. The zero-order valence-electron chi connectivity index (χ0n) is 15.2. The van der Waals surface area contributed by atoms with Gasteiger partial charge in [-0.15, -0.1) is 0 Å². The predicted octanol–water partition coefficient (Wildman–Crippen LogP) is 2.73. The average Bonchev–Trinajstić information content (AvgIpc) is 2.73. The van der Waals surface area contributed by atoms with Crippen molar-refractivity contribution in [2.75, 3.05) is 16.8 Å². The maximum atomic E-state index is 13.4. The summed E-state index contributed by atoms with van der Waals surface area (Å²) in [7, 11) is 0. The van der Waals surface area contributed by atoms with Crippen molar-refractivity contribution in [2.45, 2.75) is 6.17 Å². The molecule has 3 aromatic carbocycles. The van der Waals surface area contributed by atoms with Crippen LogP contribution in [-0.4, -0.2) is 18.5 Å². The molecule has 1 N–H and O–H groups in total. The minimum Gasteiger partial charge on any atom is -0.546 e. The minimum absolute atomic E-state index is 0.273. The molecule has 4 rings (SSSR count). The van der Waals surface area contributed by atoms with Gasteiger partial charge in [-0.3, -0.25) is 9.69 Å². The van der Waals surface area contributed by atoms with Gasteiger partial charge in [0.15, 0.2) is 0 Å². The molecule has 1 aliphatic heterocycles. The Morgan fingerprint density at radius 2 is 1.72 bits per heavy atom. The standard InChI is InChI=1S/C22H17FN2O4/c23-14-9-11-15(12-10-14)25-21(24-18-7-3-1-5-16(18)22(25)28)17-6-2-4-8-19(17)29-13-20(26)27/h1-12,21,24H,13H2,(H,26,27)/p-1/t21-/m1/s1. The van der Waals surface area contributed by atoms with Crippen LogP contribution in [0, 0.1) is 5.82 Å². The first-order valence-electron chi connectivity index (χ1n) is 8.91. The number of hydrogen-bond donors (Lipinski definition) is 1. The Morgan fingerprint density at radius 3 is 2.48 bits per heavy atom. The van der Waals surface area contributed by atoms with Crippen LogP contribution in [0.25, 0.3) is 0 Å². The first kappa shape index (κ1) is 18.5. The van der Waals surface area contributed by atoms with Crippen molar-refractivity contribution in [1.82, 2.24) is 0 Å². The lowest BCUT2D eigenvalue weighted by molar-refractivity contribution is -0.307. The fourth-order valence-corrected chi connectivity index (χ4v) is 3.31. The van der Waals surface area contributed by atoms with Gasteiger partial charge in [0.2, 0.25) is 0 Å². The number of halogens is 1. The maximum absolute atomic E-state index is 13.4. The van der Waals surface area contributed by atoms with E-state index in [9.17, 15) is 19.1 Å². The summed E-state index contributed by atoms with van der Waals surface area (Å²) in [5.41, 5.74) is 2.15. The van der Waals surface area contributed by atoms with Crippen LogP contribution in [0.1, 0.15) is 22.1 Å². The Bertz CT molecular complexity index is 1070. The molecule has 6 nitrogen and oxygen atoms in total. The van der Waals surface area contributed by atoms with Gasteiger partial charge in [-0.25, -0.2) is 4.39 Å². The molecule has 0 saturated carbocycles. The number of aliphatic carboxylic acids is 1. The van der Waals surface area contributed by atoms with Gasteiger partial charge >= 0.3 is 0 Å². The van der Waals surface area contributed by atoms with Crippen molar-refractivity contribution < 1.29 is 23.8 Å². The van der Waals surface area contributed by atoms with Gasteiger partial charge in [0.05, 0.1) is 11.5 Å². The number of fused-ring (bicyclic) bond motifs is 1. The largest absolute Gasteiger partial charge is 0.546 e. The first-order valence-corrected chi connectivity index (χ1v) is 8.91. The lowest BCUT2D eigenvalue weighted by atomic mass is 10.0. The summed E-state index contributed by atoms with van der Waals surface area (Å²) in [4.78, 5) is 25.6. The number of carbonyl (C=O) groups excluding carboxylic acids is 2. The van der Waals surface area contributed by atoms with Crippen LogP contribution >= 0.6 is 0 Å². The number of carboxylic acids is 1. The molecule has 3 aromatic rings. The number of rotatable bonds is 5. The zero-order chi connectivity index (χ0) is 20.4. The smallest absolute Gasteiger partial charge is 0.262 e. The third-order valence-corrected chi connectivity index (χ3v) is 4.59. The van der Waals surface area contributed by atoms with Crippen LogP contribution in [0.15, 0.2) is 72.8 Å². The molecule has 0 radical (unpaired) electrons. The summed E-state index contributed by atoms with van der Waals surface area (Å²) in [5.74, 6) is -1.74. The molecule has 7 heteroatoms. The normalized spacial score (nSPS) is 15.4. The highest BCUT2D eigenvalue weighted by Crippen LogP contribution is 2.39. The number of anilines is 2. The van der Waals surface area contributed by atoms with Crippen molar-refractivity contribution in [3.05, 3.63) is 89.7 Å². The third-order valence-electron chi connectivity index (χ3n) is 4.59. The van der Waals surface area contributed by atoms with Crippen LogP contribution in [0.3, 0.4) is 0 Å². The van der Waals surface area contributed by atoms with E-state index in [-0.39, 0.29) is 5.91 Å². The van der Waals surface area contributed by atoms with Gasteiger partial charge in [0, 0.05) is 16.9 Å². The van der Waals surface area contributed by atoms with E-state index >= 15 is 0 Å². The predicted molar refractivity (Wildman–Crippen MR) is 103 cm³/mol. The average molecular weight is 391 g/mol. The Hall–Kier alpha value is -3.87. The molecule has 1 atom stereocenters. The van der Waals surface area contributed by atoms with Crippen LogP contribution in [0.2, 0.25) is 0 Å². The number of nitrogens with one attached hydrogen (secondary N) is 1. The summed E-state index contributed by atoms with van der Waals surface area (Å²) in [6.07, 6.45) is -0.694. The summed E-state index contributed by atoms with van der Waals surface area (Å²) < 4.78 is 18.8. The van der Waals surface area contributed by atoms with Gasteiger partial charge in [-0.1, -0.05) is 30.3 Å². The first-order chi connectivity index (χ1) is 14.0. The van der Waals surface area contributed by atoms with E-state index < -0.39 is 24.6 Å². The van der Waals surface area contributed by atoms with Crippen molar-refractivity contribution in [1.29, 1.82) is 0 Å². The summed E-state index contributed by atoms with van der Waals surface area (Å²) in [6, 6.07) is 19.5. The van der Waals surface area contributed by atoms with E-state index in [1.54, 1.807) is 42.5 Å². The topological polar surface area (TPSA) is 81.7 Å². The molecule has 0 spiro atoms. The van der Waals surface area contributed by atoms with E-state index in [0.29, 0.717) is 28.3 Å². The molecule has 1 heterocycles. The summed E-state index contributed by atoms with van der Waals surface area (Å²) in [5, 5.41) is 14.1. The second-order valence-corrected chi connectivity index (χ2v) is 6.44. The molecule has 0 fully saturated rings. The van der Waals surface area contributed by atoms with Crippen LogP contribution in [0.5, 0.6) is 5.75 Å². The lowest BCUT2D eigenvalue weighted by Crippen LogP contribution is -2.43. The van der Waals surface area contributed by atoms with Gasteiger partial charge < -0.3 is 20.0 Å². The summed E-state index contributed by atoms with van der Waals surface area (Å²) >= 11 is 0. The van der Waals surface area contributed by atoms with E-state index in [0.717, 1.165) is 0 Å². The van der Waals surface area contributed by atoms with Crippen molar-refractivity contribution in [3.8, 4) is 5.75 Å². The number of carbonyl (C=O) groups is 2. The number of nitrogens with zero attached hydrogens (tertiary/aromatic N) is 1. The van der Waals surface area contributed by atoms with E-state index in [2.05, 4.69) is 5.32 Å². The number of ether oxygens (including phenoxy) is 1. The fourth-order valence-electron chi connectivity index (χ4n) is 3.31. The lowest BCUT2D eigenvalue weighted by Gasteiger charge is -2.38. The van der Waals surface area contributed by atoms with Crippen molar-refractivity contribution in [3.63, 3.8) is 0 Å². The number of amides is 1. The Balaban J connectivity index is 1.82. The highest BCUT2D eigenvalue weighted by molar-refractivity contribution is 6.12. The Kier molecular flexibility index (Phi) is 4.87.